The molecule has 0 saturated heterocycles. The smallest absolute Gasteiger partial charge is 0.408 e. The highest BCUT2D eigenvalue weighted by molar-refractivity contribution is 5.85. The molecule has 0 fully saturated rings. The molecule has 0 bridgehead atoms. The van der Waals surface area contributed by atoms with Gasteiger partial charge in [-0.05, 0) is 60.0 Å². The largest absolute Gasteiger partial charge is 0.460 e. The van der Waals surface area contributed by atoms with Crippen LogP contribution in [0.2, 0.25) is 0 Å². The van der Waals surface area contributed by atoms with Crippen LogP contribution in [0, 0.1) is 0 Å². The molecular weight excluding hydrogens is 416 g/mol. The van der Waals surface area contributed by atoms with Crippen molar-refractivity contribution in [3.8, 4) is 11.1 Å². The third kappa shape index (κ3) is 6.32. The van der Waals surface area contributed by atoms with Gasteiger partial charge in [0.25, 0.3) is 0 Å². The molecule has 0 saturated carbocycles. The Bertz CT molecular complexity index is 916. The van der Waals surface area contributed by atoms with E-state index in [0.29, 0.717) is 19.4 Å². The van der Waals surface area contributed by atoms with E-state index in [9.17, 15) is 9.59 Å². The average Bonchev–Trinajstić information content (AvgIpc) is 3.15. The van der Waals surface area contributed by atoms with Crippen LogP contribution in [0.5, 0.6) is 0 Å². The van der Waals surface area contributed by atoms with Crippen LogP contribution < -0.4 is 11.1 Å². The number of alkyl carbamates (subject to hydrolysis) is 1. The van der Waals surface area contributed by atoms with Crippen molar-refractivity contribution in [1.82, 2.24) is 5.32 Å². The fourth-order valence-electron chi connectivity index (χ4n) is 3.67. The number of carbonyl (C=O) groups is 2. The van der Waals surface area contributed by atoms with Crippen LogP contribution in [0.3, 0.4) is 0 Å². The van der Waals surface area contributed by atoms with Crippen molar-refractivity contribution in [2.75, 3.05) is 13.2 Å². The number of carbonyl (C=O) groups excluding carboxylic acids is 2. The summed E-state index contributed by atoms with van der Waals surface area (Å²) in [5.41, 5.74) is 11.3. The van der Waals surface area contributed by atoms with E-state index in [4.69, 9.17) is 15.2 Å². The number of unbranched alkanes of at least 4 members (excludes halogenated alkanes) is 1. The second kappa shape index (κ2) is 12.1. The Morgan fingerprint density at radius 2 is 1.87 bits per heavy atom. The van der Waals surface area contributed by atoms with Crippen LogP contribution in [0.4, 0.5) is 4.79 Å². The van der Waals surface area contributed by atoms with Gasteiger partial charge in [-0.2, -0.15) is 0 Å². The van der Waals surface area contributed by atoms with Gasteiger partial charge in [-0.25, -0.2) is 9.59 Å². The fourth-order valence-corrected chi connectivity index (χ4v) is 3.67. The zero-order chi connectivity index (χ0) is 21.3. The number of benzene rings is 2. The Morgan fingerprint density at radius 1 is 1.10 bits per heavy atom. The van der Waals surface area contributed by atoms with Gasteiger partial charge in [-0.3, -0.25) is 0 Å². The third-order valence-corrected chi connectivity index (χ3v) is 5.17. The van der Waals surface area contributed by atoms with Crippen LogP contribution in [-0.2, 0) is 27.3 Å². The molecule has 3 N–H and O–H groups in total. The van der Waals surface area contributed by atoms with E-state index >= 15 is 0 Å². The molecule has 1 atom stereocenters. The lowest BCUT2D eigenvalue weighted by molar-refractivity contribution is -0.145. The van der Waals surface area contributed by atoms with Crippen LogP contribution in [0.1, 0.15) is 36.0 Å². The number of rotatable bonds is 10. The Balaban J connectivity index is 0.00000341. The van der Waals surface area contributed by atoms with Crippen LogP contribution in [-0.4, -0.2) is 31.3 Å². The number of hydrogen-bond acceptors (Lipinski definition) is 5. The van der Waals surface area contributed by atoms with Crippen molar-refractivity contribution >= 4 is 24.5 Å². The molecule has 0 heterocycles. The van der Waals surface area contributed by atoms with Crippen molar-refractivity contribution in [3.63, 3.8) is 0 Å². The van der Waals surface area contributed by atoms with E-state index in [-0.39, 0.29) is 25.6 Å². The van der Waals surface area contributed by atoms with Crippen molar-refractivity contribution < 1.29 is 19.1 Å². The van der Waals surface area contributed by atoms with E-state index in [1.165, 1.54) is 28.3 Å². The first-order valence-corrected chi connectivity index (χ1v) is 10.2. The van der Waals surface area contributed by atoms with Gasteiger partial charge in [0.2, 0.25) is 0 Å². The summed E-state index contributed by atoms with van der Waals surface area (Å²) in [5.74, 6) is -0.500. The molecule has 1 aliphatic rings. The molecule has 0 radical (unpaired) electrons. The van der Waals surface area contributed by atoms with Gasteiger partial charge in [0.1, 0.15) is 19.3 Å². The number of ether oxygens (including phenoxy) is 2. The number of hydrogen-bond donors (Lipinski definition) is 2. The Kier molecular flexibility index (Phi) is 9.56. The first-order chi connectivity index (χ1) is 14.6. The molecule has 0 aliphatic heterocycles. The van der Waals surface area contributed by atoms with Crippen LogP contribution >= 0.6 is 12.4 Å². The minimum atomic E-state index is -0.769. The molecule has 2 aromatic rings. The maximum Gasteiger partial charge on any atom is 0.408 e. The minimum absolute atomic E-state index is 0. The molecule has 6 nitrogen and oxygen atoms in total. The number of nitrogens with two attached hydrogens (primary N) is 1. The third-order valence-electron chi connectivity index (χ3n) is 5.17. The highest BCUT2D eigenvalue weighted by Crippen LogP contribution is 2.38. The number of nitrogens with one attached hydrogen (secondary N) is 1. The zero-order valence-electron chi connectivity index (χ0n) is 17.5. The van der Waals surface area contributed by atoms with Crippen molar-refractivity contribution in [1.29, 1.82) is 0 Å². The molecule has 1 amide bonds. The standard InChI is InChI=1S/C24H28N2O4.ClH/c1-2-14-29-23(27)22(12-5-6-13-25)26-24(28)30-16-18-9-7-11-20-19-10-4-3-8-17(19)15-21(18)20;/h2-4,7-11,22H,1,5-6,12-16,25H2,(H,26,28);1H/t22-;/m0./s1. The fraction of sp³-hybridized carbons (Fsp3) is 0.333. The second-order valence-corrected chi connectivity index (χ2v) is 7.25. The van der Waals surface area contributed by atoms with Gasteiger partial charge in [0.15, 0.2) is 0 Å². The Hall–Kier alpha value is -2.83. The predicted octanol–water partition coefficient (Wildman–Crippen LogP) is 4.13. The topological polar surface area (TPSA) is 90.6 Å². The monoisotopic (exact) mass is 444 g/mol. The first kappa shape index (κ1) is 24.4. The summed E-state index contributed by atoms with van der Waals surface area (Å²) in [6.45, 7) is 4.29. The van der Waals surface area contributed by atoms with Crippen molar-refractivity contribution in [2.45, 2.75) is 38.3 Å². The van der Waals surface area contributed by atoms with Crippen LogP contribution in [0.25, 0.3) is 11.1 Å². The highest BCUT2D eigenvalue weighted by atomic mass is 35.5. The van der Waals surface area contributed by atoms with E-state index in [2.05, 4.69) is 30.1 Å². The summed E-state index contributed by atoms with van der Waals surface area (Å²) in [5, 5.41) is 2.63. The first-order valence-electron chi connectivity index (χ1n) is 10.2. The Morgan fingerprint density at radius 3 is 2.65 bits per heavy atom. The number of amides is 1. The van der Waals surface area contributed by atoms with E-state index < -0.39 is 18.1 Å². The summed E-state index contributed by atoms with van der Waals surface area (Å²) in [7, 11) is 0. The molecule has 7 heteroatoms. The maximum atomic E-state index is 12.4. The highest BCUT2D eigenvalue weighted by Gasteiger charge is 2.24. The predicted molar refractivity (Wildman–Crippen MR) is 123 cm³/mol. The summed E-state index contributed by atoms with van der Waals surface area (Å²) in [6.07, 6.45) is 3.58. The average molecular weight is 445 g/mol. The van der Waals surface area contributed by atoms with Gasteiger partial charge < -0.3 is 20.5 Å². The normalized spacial score (nSPS) is 12.0. The molecule has 0 spiro atoms. The van der Waals surface area contributed by atoms with Gasteiger partial charge in [-0.15, -0.1) is 12.4 Å². The lowest BCUT2D eigenvalue weighted by Gasteiger charge is -2.17. The van der Waals surface area contributed by atoms with Crippen molar-refractivity contribution in [2.24, 2.45) is 5.73 Å². The minimum Gasteiger partial charge on any atom is -0.460 e. The Labute approximate surface area is 189 Å². The molecule has 3 rings (SSSR count). The summed E-state index contributed by atoms with van der Waals surface area (Å²) in [6, 6.07) is 13.6. The summed E-state index contributed by atoms with van der Waals surface area (Å²) < 4.78 is 10.5. The summed E-state index contributed by atoms with van der Waals surface area (Å²) in [4.78, 5) is 24.6. The molecule has 0 aromatic heterocycles. The maximum absolute atomic E-state index is 12.4. The zero-order valence-corrected chi connectivity index (χ0v) is 18.3. The molecule has 31 heavy (non-hydrogen) atoms. The quantitative estimate of drug-likeness (QED) is 0.278. The number of fused-ring (bicyclic) bond motifs is 3. The molecular formula is C24H29ClN2O4. The number of halogens is 1. The lowest BCUT2D eigenvalue weighted by Crippen LogP contribution is -2.42. The molecule has 1 aliphatic carbocycles. The van der Waals surface area contributed by atoms with Gasteiger partial charge in [0, 0.05) is 0 Å². The SMILES string of the molecule is C=CCOC(=O)[C@H](CCCCN)NC(=O)OCc1cccc2c1Cc1ccccc1-2.Cl. The van der Waals surface area contributed by atoms with Gasteiger partial charge in [-0.1, -0.05) is 55.1 Å². The van der Waals surface area contributed by atoms with E-state index in [1.807, 2.05) is 24.3 Å². The van der Waals surface area contributed by atoms with Gasteiger partial charge >= 0.3 is 12.1 Å². The molecule has 2 aromatic carbocycles. The van der Waals surface area contributed by atoms with Crippen LogP contribution in [0.15, 0.2) is 55.1 Å². The van der Waals surface area contributed by atoms with E-state index in [1.54, 1.807) is 0 Å². The van der Waals surface area contributed by atoms with E-state index in [0.717, 1.165) is 18.4 Å². The second-order valence-electron chi connectivity index (χ2n) is 7.25. The molecule has 166 valence electrons. The summed E-state index contributed by atoms with van der Waals surface area (Å²) >= 11 is 0. The number of esters is 1. The van der Waals surface area contributed by atoms with Crippen molar-refractivity contribution in [3.05, 3.63) is 71.8 Å². The lowest BCUT2D eigenvalue weighted by atomic mass is 10.0. The van der Waals surface area contributed by atoms with Gasteiger partial charge in [0.05, 0.1) is 0 Å². The molecule has 0 unspecified atom stereocenters.